The first-order chi connectivity index (χ1) is 9.23. The van der Waals surface area contributed by atoms with Crippen LogP contribution in [0.25, 0.3) is 0 Å². The lowest BCUT2D eigenvalue weighted by Gasteiger charge is -2.20. The third-order valence-electron chi connectivity index (χ3n) is 2.94. The van der Waals surface area contributed by atoms with Gasteiger partial charge in [0.25, 0.3) is 0 Å². The normalized spacial score (nSPS) is 14.0. The van der Waals surface area contributed by atoms with E-state index in [-0.39, 0.29) is 11.6 Å². The van der Waals surface area contributed by atoms with Gasteiger partial charge in [0.05, 0.1) is 5.69 Å². The van der Waals surface area contributed by atoms with Crippen molar-refractivity contribution in [2.75, 3.05) is 6.61 Å². The monoisotopic (exact) mass is 298 g/mol. The molecule has 0 saturated carbocycles. The van der Waals surface area contributed by atoms with Crippen LogP contribution in [0.15, 0.2) is 0 Å². The summed E-state index contributed by atoms with van der Waals surface area (Å²) in [5, 5.41) is 4.67. The van der Waals surface area contributed by atoms with E-state index in [9.17, 15) is 0 Å². The van der Waals surface area contributed by atoms with Crippen molar-refractivity contribution >= 4 is 11.3 Å². The maximum atomic E-state index is 5.67. The lowest BCUT2D eigenvalue weighted by atomic mass is 10.1. The summed E-state index contributed by atoms with van der Waals surface area (Å²) < 4.78 is 5.67. The maximum absolute atomic E-state index is 5.67. The molecular formula is C16H30N2OS. The molecule has 0 amide bonds. The predicted molar refractivity (Wildman–Crippen MR) is 87.3 cm³/mol. The van der Waals surface area contributed by atoms with Crippen LogP contribution in [0.2, 0.25) is 0 Å². The highest BCUT2D eigenvalue weighted by Gasteiger charge is 2.18. The van der Waals surface area contributed by atoms with Crippen LogP contribution in [0.3, 0.4) is 0 Å². The second-order valence-corrected chi connectivity index (χ2v) is 7.84. The van der Waals surface area contributed by atoms with E-state index in [1.165, 1.54) is 10.6 Å². The smallest absolute Gasteiger partial charge is 0.122 e. The molecule has 1 unspecified atom stereocenters. The fourth-order valence-corrected chi connectivity index (χ4v) is 2.96. The Balaban J connectivity index is 2.88. The first kappa shape index (κ1) is 17.6. The van der Waals surface area contributed by atoms with Crippen molar-refractivity contribution < 1.29 is 4.74 Å². The quantitative estimate of drug-likeness (QED) is 0.813. The molecule has 0 aliphatic carbocycles. The molecule has 1 heterocycles. The predicted octanol–water partition coefficient (Wildman–Crippen LogP) is 4.33. The Hall–Kier alpha value is -0.450. The molecule has 1 N–H and O–H groups in total. The molecule has 1 aromatic rings. The second-order valence-electron chi connectivity index (χ2n) is 6.72. The molecule has 0 aliphatic heterocycles. The Morgan fingerprint density at radius 2 is 1.90 bits per heavy atom. The van der Waals surface area contributed by atoms with E-state index < -0.39 is 0 Å². The van der Waals surface area contributed by atoms with E-state index in [4.69, 9.17) is 9.72 Å². The molecule has 0 radical (unpaired) electrons. The summed E-state index contributed by atoms with van der Waals surface area (Å²) in [4.78, 5) is 6.18. The van der Waals surface area contributed by atoms with Crippen LogP contribution in [-0.2, 0) is 17.7 Å². The van der Waals surface area contributed by atoms with Gasteiger partial charge in [0.15, 0.2) is 0 Å². The average Bonchev–Trinajstić information content (AvgIpc) is 2.68. The van der Waals surface area contributed by atoms with Gasteiger partial charge in [-0.2, -0.15) is 0 Å². The SMILES string of the molecule is CCOC(C)c1nc(CC(C)C)c(CNC(C)(C)C)s1. The molecule has 0 bridgehead atoms. The molecule has 4 heteroatoms. The molecule has 0 spiro atoms. The molecule has 0 aromatic carbocycles. The third kappa shape index (κ3) is 5.90. The lowest BCUT2D eigenvalue weighted by Crippen LogP contribution is -2.35. The van der Waals surface area contributed by atoms with Crippen LogP contribution in [0.4, 0.5) is 0 Å². The average molecular weight is 298 g/mol. The molecule has 20 heavy (non-hydrogen) atoms. The van der Waals surface area contributed by atoms with Crippen molar-refractivity contribution in [2.24, 2.45) is 5.92 Å². The number of aromatic nitrogens is 1. The molecule has 3 nitrogen and oxygen atoms in total. The van der Waals surface area contributed by atoms with Gasteiger partial charge < -0.3 is 10.1 Å². The van der Waals surface area contributed by atoms with E-state index in [2.05, 4.69) is 46.9 Å². The van der Waals surface area contributed by atoms with Crippen LogP contribution >= 0.6 is 11.3 Å². The molecule has 0 aliphatic rings. The number of hydrogen-bond donors (Lipinski definition) is 1. The standard InChI is InChI=1S/C16H30N2OS/c1-8-19-12(4)15-18-13(9-11(2)3)14(20-15)10-17-16(5,6)7/h11-12,17H,8-10H2,1-7H3. The Morgan fingerprint density at radius 3 is 2.40 bits per heavy atom. The number of nitrogens with one attached hydrogen (secondary N) is 1. The van der Waals surface area contributed by atoms with E-state index in [0.29, 0.717) is 5.92 Å². The van der Waals surface area contributed by atoms with Gasteiger partial charge in [0.1, 0.15) is 11.1 Å². The molecular weight excluding hydrogens is 268 g/mol. The topological polar surface area (TPSA) is 34.1 Å². The number of nitrogens with zero attached hydrogens (tertiary/aromatic N) is 1. The Morgan fingerprint density at radius 1 is 1.25 bits per heavy atom. The van der Waals surface area contributed by atoms with Gasteiger partial charge in [-0.1, -0.05) is 13.8 Å². The minimum absolute atomic E-state index is 0.0966. The summed E-state index contributed by atoms with van der Waals surface area (Å²) in [6.07, 6.45) is 1.13. The zero-order valence-corrected chi connectivity index (χ0v) is 14.9. The maximum Gasteiger partial charge on any atom is 0.122 e. The zero-order chi connectivity index (χ0) is 15.3. The second kappa shape index (κ2) is 7.53. The molecule has 1 rings (SSSR count). The Labute approximate surface area is 128 Å². The van der Waals surface area contributed by atoms with Crippen LogP contribution < -0.4 is 5.32 Å². The van der Waals surface area contributed by atoms with Crippen molar-refractivity contribution in [3.8, 4) is 0 Å². The van der Waals surface area contributed by atoms with Crippen molar-refractivity contribution in [3.63, 3.8) is 0 Å². The van der Waals surface area contributed by atoms with Crippen LogP contribution in [0.5, 0.6) is 0 Å². The highest BCUT2D eigenvalue weighted by Crippen LogP contribution is 2.28. The molecule has 116 valence electrons. The first-order valence-electron chi connectivity index (χ1n) is 7.58. The lowest BCUT2D eigenvalue weighted by molar-refractivity contribution is 0.0761. The molecule has 1 aromatic heterocycles. The number of thiazole rings is 1. The summed E-state index contributed by atoms with van der Waals surface area (Å²) >= 11 is 1.79. The number of hydrogen-bond acceptors (Lipinski definition) is 4. The minimum atomic E-state index is 0.0966. The summed E-state index contributed by atoms with van der Waals surface area (Å²) in [7, 11) is 0. The first-order valence-corrected chi connectivity index (χ1v) is 8.39. The van der Waals surface area contributed by atoms with Crippen molar-refractivity contribution in [1.29, 1.82) is 0 Å². The van der Waals surface area contributed by atoms with E-state index >= 15 is 0 Å². The zero-order valence-electron chi connectivity index (χ0n) is 14.0. The van der Waals surface area contributed by atoms with Gasteiger partial charge in [-0.25, -0.2) is 4.98 Å². The van der Waals surface area contributed by atoms with Gasteiger partial charge in [-0.15, -0.1) is 11.3 Å². The van der Waals surface area contributed by atoms with Crippen LogP contribution in [0.1, 0.15) is 70.1 Å². The Bertz CT molecular complexity index is 407. The van der Waals surface area contributed by atoms with E-state index in [1.54, 1.807) is 11.3 Å². The fraction of sp³-hybridized carbons (Fsp3) is 0.812. The van der Waals surface area contributed by atoms with E-state index in [0.717, 1.165) is 24.6 Å². The summed E-state index contributed by atoms with van der Waals surface area (Å²) in [6.45, 7) is 16.8. The third-order valence-corrected chi connectivity index (χ3v) is 4.20. The Kier molecular flexibility index (Phi) is 6.62. The van der Waals surface area contributed by atoms with Crippen LogP contribution in [0, 0.1) is 5.92 Å². The number of ether oxygens (including phenoxy) is 1. The highest BCUT2D eigenvalue weighted by molar-refractivity contribution is 7.11. The molecule has 0 fully saturated rings. The van der Waals surface area contributed by atoms with Gasteiger partial charge in [0.2, 0.25) is 0 Å². The van der Waals surface area contributed by atoms with Gasteiger partial charge in [0, 0.05) is 23.6 Å². The molecule has 0 saturated heterocycles. The highest BCUT2D eigenvalue weighted by atomic mass is 32.1. The van der Waals surface area contributed by atoms with Crippen molar-refractivity contribution in [2.45, 2.75) is 73.1 Å². The van der Waals surface area contributed by atoms with Gasteiger partial charge in [-0.05, 0) is 47.0 Å². The van der Waals surface area contributed by atoms with Gasteiger partial charge >= 0.3 is 0 Å². The summed E-state index contributed by atoms with van der Waals surface area (Å²) in [5.41, 5.74) is 1.37. The molecule has 1 atom stereocenters. The van der Waals surface area contributed by atoms with Crippen molar-refractivity contribution in [3.05, 3.63) is 15.6 Å². The number of rotatable bonds is 7. The van der Waals surface area contributed by atoms with Crippen LogP contribution in [-0.4, -0.2) is 17.1 Å². The fourth-order valence-electron chi connectivity index (χ4n) is 1.93. The summed E-state index contributed by atoms with van der Waals surface area (Å²) in [5.74, 6) is 0.626. The van der Waals surface area contributed by atoms with Gasteiger partial charge in [-0.3, -0.25) is 0 Å². The van der Waals surface area contributed by atoms with E-state index in [1.807, 2.05) is 6.92 Å². The van der Waals surface area contributed by atoms with Crippen molar-refractivity contribution in [1.82, 2.24) is 10.3 Å². The summed E-state index contributed by atoms with van der Waals surface area (Å²) in [6, 6.07) is 0. The largest absolute Gasteiger partial charge is 0.372 e. The minimum Gasteiger partial charge on any atom is -0.372 e.